The number of nitrogens with zero attached hydrogens (tertiary/aromatic N) is 3. The van der Waals surface area contributed by atoms with Gasteiger partial charge in [-0.1, -0.05) is 18.2 Å². The van der Waals surface area contributed by atoms with Crippen molar-refractivity contribution in [3.8, 4) is 5.75 Å². The standard InChI is InChI=1S/C13H16N4O2/c1-8(10-6-4-5-7-11(10)18)17(3)13(19)12-14-9(2)15-16-12/h4-8,18H,1-3H3,(H,14,15,16). The molecule has 0 bridgehead atoms. The van der Waals surface area contributed by atoms with Gasteiger partial charge < -0.3 is 10.0 Å². The van der Waals surface area contributed by atoms with Gasteiger partial charge in [0.15, 0.2) is 0 Å². The van der Waals surface area contributed by atoms with Crippen molar-refractivity contribution in [2.24, 2.45) is 0 Å². The molecule has 6 heteroatoms. The Morgan fingerprint density at radius 1 is 1.42 bits per heavy atom. The molecule has 2 aromatic rings. The lowest BCUT2D eigenvalue weighted by atomic mass is 10.1. The van der Waals surface area contributed by atoms with Crippen molar-refractivity contribution in [3.05, 3.63) is 41.5 Å². The molecule has 6 nitrogen and oxygen atoms in total. The molecule has 2 rings (SSSR count). The number of aromatic amines is 1. The molecule has 1 unspecified atom stereocenters. The first-order valence-corrected chi connectivity index (χ1v) is 5.94. The predicted molar refractivity (Wildman–Crippen MR) is 69.7 cm³/mol. The summed E-state index contributed by atoms with van der Waals surface area (Å²) >= 11 is 0. The van der Waals surface area contributed by atoms with Gasteiger partial charge in [0.05, 0.1) is 6.04 Å². The molecule has 0 radical (unpaired) electrons. The number of aromatic nitrogens is 3. The zero-order chi connectivity index (χ0) is 14.0. The zero-order valence-electron chi connectivity index (χ0n) is 11.1. The van der Waals surface area contributed by atoms with Gasteiger partial charge in [-0.25, -0.2) is 4.98 Å². The normalized spacial score (nSPS) is 12.2. The molecule has 19 heavy (non-hydrogen) atoms. The molecule has 0 aliphatic carbocycles. The van der Waals surface area contributed by atoms with Gasteiger partial charge in [-0.05, 0) is 19.9 Å². The Morgan fingerprint density at radius 3 is 2.68 bits per heavy atom. The molecule has 0 saturated heterocycles. The van der Waals surface area contributed by atoms with Gasteiger partial charge in [-0.2, -0.15) is 0 Å². The van der Waals surface area contributed by atoms with Crippen LogP contribution in [0.3, 0.4) is 0 Å². The van der Waals surface area contributed by atoms with Crippen LogP contribution in [0.2, 0.25) is 0 Å². The van der Waals surface area contributed by atoms with Crippen molar-refractivity contribution in [1.29, 1.82) is 0 Å². The lowest BCUT2D eigenvalue weighted by molar-refractivity contribution is 0.0729. The molecular formula is C13H16N4O2. The van der Waals surface area contributed by atoms with Crippen LogP contribution in [0.15, 0.2) is 24.3 Å². The fourth-order valence-corrected chi connectivity index (χ4v) is 1.82. The van der Waals surface area contributed by atoms with Gasteiger partial charge in [0.25, 0.3) is 5.91 Å². The number of phenols is 1. The average molecular weight is 260 g/mol. The molecule has 1 aromatic heterocycles. The number of carbonyl (C=O) groups excluding carboxylic acids is 1. The van der Waals surface area contributed by atoms with Gasteiger partial charge in [0, 0.05) is 12.6 Å². The molecule has 0 fully saturated rings. The highest BCUT2D eigenvalue weighted by molar-refractivity contribution is 5.90. The van der Waals surface area contributed by atoms with E-state index in [-0.39, 0.29) is 23.5 Å². The Morgan fingerprint density at radius 2 is 2.11 bits per heavy atom. The van der Waals surface area contributed by atoms with Crippen LogP contribution in [0.4, 0.5) is 0 Å². The van der Waals surface area contributed by atoms with Crippen molar-refractivity contribution in [2.45, 2.75) is 19.9 Å². The minimum Gasteiger partial charge on any atom is -0.508 e. The SMILES string of the molecule is Cc1nc(C(=O)N(C)C(C)c2ccccc2O)n[nH]1. The van der Waals surface area contributed by atoms with Crippen molar-refractivity contribution < 1.29 is 9.90 Å². The molecule has 0 aliphatic heterocycles. The first-order chi connectivity index (χ1) is 9.00. The van der Waals surface area contributed by atoms with Crippen LogP contribution in [-0.2, 0) is 0 Å². The number of hydrogen-bond acceptors (Lipinski definition) is 4. The van der Waals surface area contributed by atoms with Gasteiger partial charge >= 0.3 is 0 Å². The second-order valence-electron chi connectivity index (χ2n) is 4.40. The van der Waals surface area contributed by atoms with Gasteiger partial charge in [0.1, 0.15) is 11.6 Å². The summed E-state index contributed by atoms with van der Waals surface area (Å²) in [6.45, 7) is 3.57. The maximum Gasteiger partial charge on any atom is 0.293 e. The number of H-pyrrole nitrogens is 1. The zero-order valence-corrected chi connectivity index (χ0v) is 11.1. The van der Waals surface area contributed by atoms with Crippen LogP contribution in [0, 0.1) is 6.92 Å². The number of phenolic OH excluding ortho intramolecular Hbond substituents is 1. The van der Waals surface area contributed by atoms with Crippen LogP contribution in [0.5, 0.6) is 5.75 Å². The van der Waals surface area contributed by atoms with Gasteiger partial charge in [0.2, 0.25) is 5.82 Å². The van der Waals surface area contributed by atoms with E-state index < -0.39 is 0 Å². The first kappa shape index (κ1) is 13.1. The number of carbonyl (C=O) groups is 1. The Bertz CT molecular complexity index is 594. The summed E-state index contributed by atoms with van der Waals surface area (Å²) in [5.74, 6) is 0.593. The summed E-state index contributed by atoms with van der Waals surface area (Å²) in [5.41, 5.74) is 0.686. The summed E-state index contributed by atoms with van der Waals surface area (Å²) in [4.78, 5) is 17.7. The number of para-hydroxylation sites is 1. The number of nitrogens with one attached hydrogen (secondary N) is 1. The highest BCUT2D eigenvalue weighted by atomic mass is 16.3. The largest absolute Gasteiger partial charge is 0.508 e. The monoisotopic (exact) mass is 260 g/mol. The van der Waals surface area contributed by atoms with E-state index in [1.165, 1.54) is 4.90 Å². The third-order valence-corrected chi connectivity index (χ3v) is 3.08. The number of rotatable bonds is 3. The van der Waals surface area contributed by atoms with E-state index in [4.69, 9.17) is 0 Å². The molecular weight excluding hydrogens is 244 g/mol. The van der Waals surface area contributed by atoms with E-state index in [0.717, 1.165) is 0 Å². The number of aryl methyl sites for hydroxylation is 1. The van der Waals surface area contributed by atoms with Crippen molar-refractivity contribution in [1.82, 2.24) is 20.1 Å². The maximum atomic E-state index is 12.2. The Kier molecular flexibility index (Phi) is 3.50. The fourth-order valence-electron chi connectivity index (χ4n) is 1.82. The molecule has 0 spiro atoms. The second-order valence-corrected chi connectivity index (χ2v) is 4.40. The summed E-state index contributed by atoms with van der Waals surface area (Å²) in [7, 11) is 1.66. The van der Waals surface area contributed by atoms with Crippen LogP contribution >= 0.6 is 0 Å². The van der Waals surface area contributed by atoms with Crippen LogP contribution in [0.1, 0.15) is 35.0 Å². The van der Waals surface area contributed by atoms with E-state index in [2.05, 4.69) is 15.2 Å². The molecule has 100 valence electrons. The second kappa shape index (κ2) is 5.09. The Labute approximate surface area is 111 Å². The van der Waals surface area contributed by atoms with Crippen molar-refractivity contribution >= 4 is 5.91 Å². The molecule has 0 saturated carbocycles. The predicted octanol–water partition coefficient (Wildman–Crippen LogP) is 1.65. The van der Waals surface area contributed by atoms with E-state index >= 15 is 0 Å². The molecule has 0 aliphatic rings. The Hall–Kier alpha value is -2.37. The highest BCUT2D eigenvalue weighted by Crippen LogP contribution is 2.27. The summed E-state index contributed by atoms with van der Waals surface area (Å²) in [6, 6.07) is 6.67. The van der Waals surface area contributed by atoms with Gasteiger partial charge in [-0.15, -0.1) is 5.10 Å². The fraction of sp³-hybridized carbons (Fsp3) is 0.308. The molecule has 1 heterocycles. The summed E-state index contributed by atoms with van der Waals surface area (Å²) < 4.78 is 0. The van der Waals surface area contributed by atoms with Crippen molar-refractivity contribution in [2.75, 3.05) is 7.05 Å². The lowest BCUT2D eigenvalue weighted by Crippen LogP contribution is -2.30. The number of amides is 1. The van der Waals surface area contributed by atoms with E-state index in [1.54, 1.807) is 32.2 Å². The van der Waals surface area contributed by atoms with Crippen molar-refractivity contribution in [3.63, 3.8) is 0 Å². The van der Waals surface area contributed by atoms with Crippen LogP contribution < -0.4 is 0 Å². The lowest BCUT2D eigenvalue weighted by Gasteiger charge is -2.24. The van der Waals surface area contributed by atoms with Crippen LogP contribution in [0.25, 0.3) is 0 Å². The smallest absolute Gasteiger partial charge is 0.293 e. The Balaban J connectivity index is 2.22. The third-order valence-electron chi connectivity index (χ3n) is 3.08. The first-order valence-electron chi connectivity index (χ1n) is 5.94. The summed E-state index contributed by atoms with van der Waals surface area (Å²) in [5, 5.41) is 16.3. The summed E-state index contributed by atoms with van der Waals surface area (Å²) in [6.07, 6.45) is 0. The number of aromatic hydroxyl groups is 1. The topological polar surface area (TPSA) is 82.1 Å². The van der Waals surface area contributed by atoms with E-state index in [0.29, 0.717) is 11.4 Å². The molecule has 1 aromatic carbocycles. The third kappa shape index (κ3) is 2.57. The quantitative estimate of drug-likeness (QED) is 0.879. The maximum absolute atomic E-state index is 12.2. The minimum absolute atomic E-state index is 0.127. The number of benzene rings is 1. The van der Waals surface area contributed by atoms with E-state index in [9.17, 15) is 9.90 Å². The number of hydrogen-bond donors (Lipinski definition) is 2. The minimum atomic E-state index is -0.292. The molecule has 1 atom stereocenters. The average Bonchev–Trinajstić information content (AvgIpc) is 2.83. The molecule has 1 amide bonds. The van der Waals surface area contributed by atoms with Gasteiger partial charge in [-0.3, -0.25) is 9.89 Å². The van der Waals surface area contributed by atoms with Crippen LogP contribution in [-0.4, -0.2) is 38.1 Å². The molecule has 2 N–H and O–H groups in total. The van der Waals surface area contributed by atoms with E-state index in [1.807, 2.05) is 13.0 Å². The highest BCUT2D eigenvalue weighted by Gasteiger charge is 2.23.